The van der Waals surface area contributed by atoms with Gasteiger partial charge in [0, 0.05) is 11.1 Å². The topological polar surface area (TPSA) is 61.4 Å². The summed E-state index contributed by atoms with van der Waals surface area (Å²) in [5, 5.41) is 13.9. The molecule has 1 aromatic heterocycles. The lowest BCUT2D eigenvalue weighted by Crippen LogP contribution is -1.92. The standard InChI is InChI=1S/C14H10FN3O/c15-9-6-7-12-11(8-9)13(17-16)14(19)18(12)10-4-2-1-3-5-10/h1-8,16,19H. The van der Waals surface area contributed by atoms with Crippen molar-refractivity contribution in [2.75, 3.05) is 0 Å². The molecule has 94 valence electrons. The average molecular weight is 255 g/mol. The zero-order valence-electron chi connectivity index (χ0n) is 9.84. The highest BCUT2D eigenvalue weighted by molar-refractivity contribution is 5.96. The molecule has 0 aliphatic carbocycles. The molecule has 0 saturated carbocycles. The first-order valence-corrected chi connectivity index (χ1v) is 5.68. The summed E-state index contributed by atoms with van der Waals surface area (Å²) in [6.07, 6.45) is 0. The summed E-state index contributed by atoms with van der Waals surface area (Å²) in [5.41, 5.74) is 8.55. The highest BCUT2D eigenvalue weighted by atomic mass is 19.1. The van der Waals surface area contributed by atoms with E-state index in [9.17, 15) is 9.50 Å². The maximum atomic E-state index is 13.3. The molecule has 2 aromatic carbocycles. The summed E-state index contributed by atoms with van der Waals surface area (Å²) in [7, 11) is 0. The third-order valence-corrected chi connectivity index (χ3v) is 3.00. The smallest absolute Gasteiger partial charge is 0.225 e. The highest BCUT2D eigenvalue weighted by Gasteiger charge is 2.17. The van der Waals surface area contributed by atoms with Gasteiger partial charge in [-0.3, -0.25) is 4.57 Å². The number of nitrogens with zero attached hydrogens (tertiary/aromatic N) is 2. The fourth-order valence-electron chi connectivity index (χ4n) is 2.18. The Labute approximate surface area is 108 Å². The van der Waals surface area contributed by atoms with Gasteiger partial charge in [0.2, 0.25) is 5.88 Å². The lowest BCUT2D eigenvalue weighted by Gasteiger charge is -2.06. The molecule has 3 rings (SSSR count). The average Bonchev–Trinajstić information content (AvgIpc) is 2.70. The molecule has 19 heavy (non-hydrogen) atoms. The quantitative estimate of drug-likeness (QED) is 0.664. The van der Waals surface area contributed by atoms with E-state index in [0.29, 0.717) is 10.9 Å². The number of aromatic hydroxyl groups is 1. The van der Waals surface area contributed by atoms with Crippen molar-refractivity contribution in [1.82, 2.24) is 4.57 Å². The van der Waals surface area contributed by atoms with Crippen LogP contribution in [0.5, 0.6) is 5.88 Å². The zero-order chi connectivity index (χ0) is 13.4. The molecular formula is C14H10FN3O. The molecule has 0 aliphatic rings. The Kier molecular flexibility index (Phi) is 2.52. The molecule has 0 amide bonds. The van der Waals surface area contributed by atoms with Gasteiger partial charge in [0.1, 0.15) is 5.82 Å². The molecule has 0 fully saturated rings. The molecular weight excluding hydrogens is 245 g/mol. The number of fused-ring (bicyclic) bond motifs is 1. The van der Waals surface area contributed by atoms with Gasteiger partial charge in [-0.05, 0) is 30.3 Å². The molecule has 2 N–H and O–H groups in total. The second-order valence-electron chi connectivity index (χ2n) is 4.12. The van der Waals surface area contributed by atoms with E-state index in [1.807, 2.05) is 30.3 Å². The molecule has 0 spiro atoms. The van der Waals surface area contributed by atoms with Crippen molar-refractivity contribution in [2.45, 2.75) is 0 Å². The Bertz CT molecular complexity index is 765. The minimum Gasteiger partial charge on any atom is -0.493 e. The van der Waals surface area contributed by atoms with Crippen LogP contribution in [-0.4, -0.2) is 9.67 Å². The molecule has 3 aromatic rings. The second-order valence-corrected chi connectivity index (χ2v) is 4.12. The van der Waals surface area contributed by atoms with Crippen molar-refractivity contribution in [3.05, 3.63) is 54.3 Å². The molecule has 1 heterocycles. The zero-order valence-corrected chi connectivity index (χ0v) is 9.84. The van der Waals surface area contributed by atoms with Crippen LogP contribution in [-0.2, 0) is 0 Å². The maximum absolute atomic E-state index is 13.3. The minimum absolute atomic E-state index is 0.0679. The fourth-order valence-corrected chi connectivity index (χ4v) is 2.18. The first-order chi connectivity index (χ1) is 9.22. The van der Waals surface area contributed by atoms with Gasteiger partial charge in [-0.1, -0.05) is 18.2 Å². The van der Waals surface area contributed by atoms with Crippen molar-refractivity contribution >= 4 is 16.6 Å². The van der Waals surface area contributed by atoms with Crippen LogP contribution in [0.15, 0.2) is 53.6 Å². The largest absolute Gasteiger partial charge is 0.493 e. The molecule has 0 aliphatic heterocycles. The summed E-state index contributed by atoms with van der Waals surface area (Å²) in [5.74, 6) is -0.593. The fraction of sp³-hybridized carbons (Fsp3) is 0. The second kappa shape index (κ2) is 4.20. The number of hydrogen-bond acceptors (Lipinski definition) is 3. The predicted octanol–water partition coefficient (Wildman–Crippen LogP) is 4.14. The molecule has 4 nitrogen and oxygen atoms in total. The van der Waals surface area contributed by atoms with Gasteiger partial charge in [0.05, 0.1) is 5.52 Å². The number of hydrogen-bond donors (Lipinski definition) is 2. The summed E-state index contributed by atoms with van der Waals surface area (Å²) in [6.45, 7) is 0. The van der Waals surface area contributed by atoms with Crippen molar-refractivity contribution in [1.29, 1.82) is 5.53 Å². The van der Waals surface area contributed by atoms with Gasteiger partial charge in [-0.15, -0.1) is 0 Å². The van der Waals surface area contributed by atoms with E-state index in [-0.39, 0.29) is 11.6 Å². The van der Waals surface area contributed by atoms with Crippen LogP contribution in [0.4, 0.5) is 10.1 Å². The number of rotatable bonds is 2. The van der Waals surface area contributed by atoms with Crippen molar-refractivity contribution in [2.24, 2.45) is 5.11 Å². The number of benzene rings is 2. The Morgan fingerprint density at radius 2 is 1.84 bits per heavy atom. The van der Waals surface area contributed by atoms with Crippen LogP contribution in [0, 0.1) is 11.3 Å². The van der Waals surface area contributed by atoms with E-state index >= 15 is 0 Å². The van der Waals surface area contributed by atoms with Gasteiger partial charge in [0.15, 0.2) is 5.69 Å². The maximum Gasteiger partial charge on any atom is 0.225 e. The molecule has 0 unspecified atom stereocenters. The predicted molar refractivity (Wildman–Crippen MR) is 69.7 cm³/mol. The van der Waals surface area contributed by atoms with Gasteiger partial charge in [-0.25, -0.2) is 9.92 Å². The van der Waals surface area contributed by atoms with E-state index in [1.165, 1.54) is 12.1 Å². The van der Waals surface area contributed by atoms with Crippen LogP contribution in [0.1, 0.15) is 0 Å². The van der Waals surface area contributed by atoms with E-state index in [1.54, 1.807) is 10.6 Å². The van der Waals surface area contributed by atoms with Gasteiger partial charge in [-0.2, -0.15) is 5.11 Å². The Hall–Kier alpha value is -2.69. The van der Waals surface area contributed by atoms with Gasteiger partial charge < -0.3 is 5.11 Å². The van der Waals surface area contributed by atoms with Crippen LogP contribution in [0.3, 0.4) is 0 Å². The van der Waals surface area contributed by atoms with Crippen molar-refractivity contribution in [3.63, 3.8) is 0 Å². The third-order valence-electron chi connectivity index (χ3n) is 3.00. The Morgan fingerprint density at radius 1 is 1.11 bits per heavy atom. The SMILES string of the molecule is N=Nc1c(O)n(-c2ccccc2)c2ccc(F)cc12. The minimum atomic E-state index is -0.428. The third kappa shape index (κ3) is 1.67. The first-order valence-electron chi connectivity index (χ1n) is 5.68. The van der Waals surface area contributed by atoms with Crippen LogP contribution >= 0.6 is 0 Å². The summed E-state index contributed by atoms with van der Waals surface area (Å²) >= 11 is 0. The number of nitrogens with one attached hydrogen (secondary N) is 1. The van der Waals surface area contributed by atoms with E-state index in [0.717, 1.165) is 5.69 Å². The summed E-state index contributed by atoms with van der Waals surface area (Å²) in [6, 6.07) is 13.3. The lowest BCUT2D eigenvalue weighted by molar-refractivity contribution is 0.446. The van der Waals surface area contributed by atoms with E-state index < -0.39 is 5.82 Å². The number of halogens is 1. The van der Waals surface area contributed by atoms with Crippen molar-refractivity contribution < 1.29 is 9.50 Å². The molecule has 0 atom stereocenters. The van der Waals surface area contributed by atoms with E-state index in [4.69, 9.17) is 5.53 Å². The van der Waals surface area contributed by atoms with Crippen LogP contribution in [0.2, 0.25) is 0 Å². The van der Waals surface area contributed by atoms with Gasteiger partial charge >= 0.3 is 0 Å². The summed E-state index contributed by atoms with van der Waals surface area (Å²) < 4.78 is 14.8. The summed E-state index contributed by atoms with van der Waals surface area (Å²) in [4.78, 5) is 0. The van der Waals surface area contributed by atoms with Crippen LogP contribution < -0.4 is 0 Å². The normalized spacial score (nSPS) is 10.8. The first kappa shape index (κ1) is 11.4. The Morgan fingerprint density at radius 3 is 2.53 bits per heavy atom. The highest BCUT2D eigenvalue weighted by Crippen LogP contribution is 2.40. The monoisotopic (exact) mass is 255 g/mol. The van der Waals surface area contributed by atoms with E-state index in [2.05, 4.69) is 5.11 Å². The molecule has 5 heteroatoms. The van der Waals surface area contributed by atoms with Crippen LogP contribution in [0.25, 0.3) is 16.6 Å². The van der Waals surface area contributed by atoms with Crippen molar-refractivity contribution in [3.8, 4) is 11.6 Å². The Balaban J connectivity index is 2.43. The molecule has 0 saturated heterocycles. The lowest BCUT2D eigenvalue weighted by atomic mass is 10.2. The number of para-hydroxylation sites is 1. The van der Waals surface area contributed by atoms with Gasteiger partial charge in [0.25, 0.3) is 0 Å². The number of aromatic nitrogens is 1. The molecule has 0 radical (unpaired) electrons. The molecule has 0 bridgehead atoms.